The van der Waals surface area contributed by atoms with Gasteiger partial charge in [-0.15, -0.1) is 0 Å². The molecule has 1 fully saturated rings. The molecule has 0 saturated carbocycles. The first-order valence-electron chi connectivity index (χ1n) is 12.0. The summed E-state index contributed by atoms with van der Waals surface area (Å²) < 4.78 is 104. The summed E-state index contributed by atoms with van der Waals surface area (Å²) in [6.07, 6.45) is -7.19. The first kappa shape index (κ1) is 29.4. The summed E-state index contributed by atoms with van der Waals surface area (Å²) >= 11 is 0. The van der Waals surface area contributed by atoms with Crippen LogP contribution in [0.3, 0.4) is 0 Å². The Morgan fingerprint density at radius 1 is 1.18 bits per heavy atom. The van der Waals surface area contributed by atoms with E-state index < -0.39 is 44.8 Å². The van der Waals surface area contributed by atoms with Gasteiger partial charge in [0.1, 0.15) is 29.7 Å². The van der Waals surface area contributed by atoms with E-state index >= 15 is 0 Å². The van der Waals surface area contributed by atoms with Crippen LogP contribution in [0, 0.1) is 5.82 Å². The molecule has 4 rings (SSSR count). The smallest absolute Gasteiger partial charge is 0.418 e. The fourth-order valence-electron chi connectivity index (χ4n) is 4.18. The molecule has 15 heteroatoms. The number of aliphatic hydroxyl groups is 1. The molecule has 3 unspecified atom stereocenters. The maximum atomic E-state index is 14.8. The predicted molar refractivity (Wildman–Crippen MR) is 135 cm³/mol. The summed E-state index contributed by atoms with van der Waals surface area (Å²) in [5, 5.41) is 13.9. The van der Waals surface area contributed by atoms with Crippen LogP contribution in [0.25, 0.3) is 0 Å². The Kier molecular flexibility index (Phi) is 8.19. The van der Waals surface area contributed by atoms with Crippen LogP contribution in [0.2, 0.25) is 0 Å². The zero-order valence-corrected chi connectivity index (χ0v) is 22.4. The van der Waals surface area contributed by atoms with Gasteiger partial charge in [0.15, 0.2) is 11.9 Å². The number of benzene rings is 2. The van der Waals surface area contributed by atoms with Gasteiger partial charge < -0.3 is 29.2 Å². The zero-order chi connectivity index (χ0) is 29.3. The molecular formula is C25H27F4N3O7S. The second-order valence-electron chi connectivity index (χ2n) is 8.92. The van der Waals surface area contributed by atoms with E-state index in [1.807, 2.05) is 0 Å². The summed E-state index contributed by atoms with van der Waals surface area (Å²) in [6, 6.07) is 9.21. The quantitative estimate of drug-likeness (QED) is 0.228. The molecule has 1 aromatic heterocycles. The number of ether oxygens (including phenoxy) is 3. The molecule has 40 heavy (non-hydrogen) atoms. The lowest BCUT2D eigenvalue weighted by molar-refractivity contribution is -0.207. The molecule has 0 amide bonds. The van der Waals surface area contributed by atoms with Crippen LogP contribution >= 0.6 is 0 Å². The van der Waals surface area contributed by atoms with Gasteiger partial charge in [0.2, 0.25) is 0 Å². The van der Waals surface area contributed by atoms with Crippen molar-refractivity contribution in [3.8, 4) is 11.5 Å². The van der Waals surface area contributed by atoms with Gasteiger partial charge in [0.25, 0.3) is 15.1 Å². The van der Waals surface area contributed by atoms with E-state index in [-0.39, 0.29) is 30.2 Å². The second kappa shape index (κ2) is 11.1. The molecule has 2 aromatic carbocycles. The lowest BCUT2D eigenvalue weighted by Gasteiger charge is -2.28. The van der Waals surface area contributed by atoms with Gasteiger partial charge in [-0.2, -0.15) is 13.2 Å². The van der Waals surface area contributed by atoms with Gasteiger partial charge in [-0.05, 0) is 30.2 Å². The van der Waals surface area contributed by atoms with E-state index in [4.69, 9.17) is 18.7 Å². The van der Waals surface area contributed by atoms with Crippen molar-refractivity contribution in [2.24, 2.45) is 0 Å². The number of aromatic nitrogens is 1. The molecule has 1 aliphatic rings. The fraction of sp³-hybridized carbons (Fsp3) is 0.400. The van der Waals surface area contributed by atoms with Crippen molar-refractivity contribution < 1.29 is 49.8 Å². The summed E-state index contributed by atoms with van der Waals surface area (Å²) in [5.41, 5.74) is -0.827. The van der Waals surface area contributed by atoms with Crippen LogP contribution in [-0.4, -0.2) is 50.2 Å². The van der Waals surface area contributed by atoms with Crippen molar-refractivity contribution in [1.82, 2.24) is 5.16 Å². The van der Waals surface area contributed by atoms with Crippen LogP contribution in [0.1, 0.15) is 37.0 Å². The maximum absolute atomic E-state index is 14.8. The van der Waals surface area contributed by atoms with Gasteiger partial charge in [0.05, 0.1) is 26.5 Å². The number of sulfonamides is 1. The SMILES string of the molecule is CCCC1OC1(Nc1cc(F)c(C(O)C(F)(F)F)cc1OC)S(=O)(=O)N(Cc1ccc(OC)cc1)c1ccon1. The summed E-state index contributed by atoms with van der Waals surface area (Å²) in [5.74, 6) is -1.29. The Morgan fingerprint density at radius 2 is 1.88 bits per heavy atom. The highest BCUT2D eigenvalue weighted by Crippen LogP contribution is 2.49. The van der Waals surface area contributed by atoms with Gasteiger partial charge in [-0.25, -0.2) is 17.1 Å². The van der Waals surface area contributed by atoms with Crippen LogP contribution in [0.15, 0.2) is 53.3 Å². The molecule has 218 valence electrons. The highest BCUT2D eigenvalue weighted by atomic mass is 32.2. The lowest BCUT2D eigenvalue weighted by atomic mass is 10.1. The number of rotatable bonds is 12. The van der Waals surface area contributed by atoms with Crippen molar-refractivity contribution in [1.29, 1.82) is 0 Å². The summed E-state index contributed by atoms with van der Waals surface area (Å²) in [7, 11) is -1.95. The molecule has 3 aromatic rings. The number of nitrogens with zero attached hydrogens (tertiary/aromatic N) is 2. The third kappa shape index (κ3) is 5.53. The summed E-state index contributed by atoms with van der Waals surface area (Å²) in [6.45, 7) is 1.60. The van der Waals surface area contributed by atoms with E-state index in [1.165, 1.54) is 19.4 Å². The molecule has 1 aliphatic heterocycles. The van der Waals surface area contributed by atoms with E-state index in [0.29, 0.717) is 29.9 Å². The molecule has 3 atom stereocenters. The number of epoxide rings is 1. The van der Waals surface area contributed by atoms with Crippen molar-refractivity contribution in [3.63, 3.8) is 0 Å². The van der Waals surface area contributed by atoms with Crippen LogP contribution < -0.4 is 19.1 Å². The topological polar surface area (TPSA) is 127 Å². The van der Waals surface area contributed by atoms with Crippen molar-refractivity contribution >= 4 is 21.5 Å². The van der Waals surface area contributed by atoms with Crippen LogP contribution in [0.4, 0.5) is 29.1 Å². The van der Waals surface area contributed by atoms with Gasteiger partial charge in [0, 0.05) is 17.7 Å². The highest BCUT2D eigenvalue weighted by Gasteiger charge is 2.69. The molecule has 1 saturated heterocycles. The third-order valence-corrected chi connectivity index (χ3v) is 8.43. The minimum atomic E-state index is -5.14. The molecule has 0 aliphatic carbocycles. The maximum Gasteiger partial charge on any atom is 0.418 e. The van der Waals surface area contributed by atoms with Crippen molar-refractivity contribution in [3.05, 3.63) is 65.7 Å². The van der Waals surface area contributed by atoms with Gasteiger partial charge in [-0.1, -0.05) is 30.6 Å². The van der Waals surface area contributed by atoms with Crippen LogP contribution in [-0.2, 0) is 21.3 Å². The predicted octanol–water partition coefficient (Wildman–Crippen LogP) is 4.73. The molecule has 10 nitrogen and oxygen atoms in total. The molecule has 0 bridgehead atoms. The average molecular weight is 590 g/mol. The Hall–Kier alpha value is -3.56. The van der Waals surface area contributed by atoms with Gasteiger partial charge >= 0.3 is 6.18 Å². The average Bonchev–Trinajstić information content (AvgIpc) is 3.34. The first-order valence-corrected chi connectivity index (χ1v) is 13.5. The van der Waals surface area contributed by atoms with E-state index in [1.54, 1.807) is 31.2 Å². The minimum absolute atomic E-state index is 0.0652. The molecule has 2 heterocycles. The fourth-order valence-corrected chi connectivity index (χ4v) is 6.10. The Morgan fingerprint density at radius 3 is 2.42 bits per heavy atom. The number of hydrogen-bond acceptors (Lipinski definition) is 9. The normalized spacial score (nSPS) is 19.6. The third-order valence-electron chi connectivity index (χ3n) is 6.31. The van der Waals surface area contributed by atoms with Crippen LogP contribution in [0.5, 0.6) is 11.5 Å². The standard InChI is InChI=1S/C25H27F4N3O7S/c1-4-5-21-25(39-21,30-19-13-18(26)17(12-20(19)37-3)23(33)24(27,28)29)40(34,35)32(22-10-11-38-31-22)14-15-6-8-16(36-2)9-7-15/h6-13,21,23,30,33H,4-5,14H2,1-3H3. The largest absolute Gasteiger partial charge is 0.497 e. The second-order valence-corrected chi connectivity index (χ2v) is 10.9. The Labute approximate surface area is 227 Å². The molecule has 0 radical (unpaired) electrons. The van der Waals surface area contributed by atoms with Gasteiger partial charge in [-0.3, -0.25) is 0 Å². The number of halogens is 4. The first-order chi connectivity index (χ1) is 18.9. The van der Waals surface area contributed by atoms with Crippen molar-refractivity contribution in [2.45, 2.75) is 49.8 Å². The zero-order valence-electron chi connectivity index (χ0n) is 21.6. The number of hydrogen-bond donors (Lipinski definition) is 2. The molecule has 0 spiro atoms. The Bertz CT molecular complexity index is 1420. The molecular weight excluding hydrogens is 562 g/mol. The number of methoxy groups -OCH3 is 2. The number of nitrogens with one attached hydrogen (secondary N) is 1. The number of aliphatic hydroxyl groups excluding tert-OH is 1. The molecule has 2 N–H and O–H groups in total. The Balaban J connectivity index is 1.76. The van der Waals surface area contributed by atoms with E-state index in [9.17, 15) is 31.1 Å². The monoisotopic (exact) mass is 589 g/mol. The number of alkyl halides is 3. The highest BCUT2D eigenvalue weighted by molar-refractivity contribution is 7.94. The number of anilines is 2. The lowest BCUT2D eigenvalue weighted by Crippen LogP contribution is -2.47. The van der Waals surface area contributed by atoms with E-state index in [0.717, 1.165) is 11.4 Å². The van der Waals surface area contributed by atoms with E-state index in [2.05, 4.69) is 10.5 Å². The summed E-state index contributed by atoms with van der Waals surface area (Å²) in [4.78, 5) is 0. The minimum Gasteiger partial charge on any atom is -0.497 e. The van der Waals surface area contributed by atoms with Crippen molar-refractivity contribution in [2.75, 3.05) is 23.8 Å².